The van der Waals surface area contributed by atoms with Gasteiger partial charge in [-0.2, -0.15) is 0 Å². The zero-order valence-corrected chi connectivity index (χ0v) is 5.77. The lowest BCUT2D eigenvalue weighted by Crippen LogP contribution is -1.99. The Labute approximate surface area is 64.1 Å². The standard InChI is InChI=1S/C6H6O.CH3NO2/c7-6-4-2-1-3-5-6;3-1-2-4/h1-5,7H;1,4H,(H,2,3). The average Bonchev–Trinajstić information content (AvgIpc) is 2.07. The molecule has 1 aromatic rings. The minimum absolute atomic E-state index is 0.181. The molecule has 0 spiro atoms. The van der Waals surface area contributed by atoms with Crippen molar-refractivity contribution in [3.05, 3.63) is 30.3 Å². The molecule has 1 aromatic carbocycles. The maximum atomic E-state index is 8.81. The molecule has 60 valence electrons. The van der Waals surface area contributed by atoms with Crippen LogP contribution in [0.5, 0.6) is 5.75 Å². The molecule has 0 aromatic heterocycles. The lowest BCUT2D eigenvalue weighted by atomic mass is 10.3. The molecule has 1 amide bonds. The summed E-state index contributed by atoms with van der Waals surface area (Å²) in [7, 11) is 0. The fraction of sp³-hybridized carbons (Fsp3) is 0. The molecule has 3 N–H and O–H groups in total. The van der Waals surface area contributed by atoms with Crippen LogP contribution in [0.15, 0.2) is 30.3 Å². The zero-order chi connectivity index (χ0) is 8.53. The molecule has 0 saturated carbocycles. The quantitative estimate of drug-likeness (QED) is 0.314. The van der Waals surface area contributed by atoms with Gasteiger partial charge in [-0.05, 0) is 12.1 Å². The second kappa shape index (κ2) is 6.57. The molecule has 11 heavy (non-hydrogen) atoms. The van der Waals surface area contributed by atoms with Crippen molar-refractivity contribution in [2.45, 2.75) is 0 Å². The van der Waals surface area contributed by atoms with Crippen LogP contribution in [0.1, 0.15) is 0 Å². The predicted molar refractivity (Wildman–Crippen MR) is 39.1 cm³/mol. The molecule has 0 radical (unpaired) electrons. The van der Waals surface area contributed by atoms with E-state index in [0.29, 0.717) is 5.75 Å². The summed E-state index contributed by atoms with van der Waals surface area (Å²) >= 11 is 0. The number of hydrogen-bond acceptors (Lipinski definition) is 3. The smallest absolute Gasteiger partial charge is 0.230 e. The van der Waals surface area contributed by atoms with Crippen molar-refractivity contribution in [3.8, 4) is 5.75 Å². The summed E-state index contributed by atoms with van der Waals surface area (Å²) in [5.74, 6) is 0.322. The largest absolute Gasteiger partial charge is 0.508 e. The van der Waals surface area contributed by atoms with Crippen molar-refractivity contribution in [2.75, 3.05) is 0 Å². The number of hydroxylamine groups is 1. The Morgan fingerprint density at radius 2 is 1.73 bits per heavy atom. The van der Waals surface area contributed by atoms with Crippen molar-refractivity contribution in [3.63, 3.8) is 0 Å². The summed E-state index contributed by atoms with van der Waals surface area (Å²) in [5.41, 5.74) is 1.25. The average molecular weight is 155 g/mol. The van der Waals surface area contributed by atoms with E-state index < -0.39 is 0 Å². The number of phenolic OH excluding ortho intramolecular Hbond substituents is 1. The first kappa shape index (κ1) is 9.45. The number of para-hydroxylation sites is 1. The van der Waals surface area contributed by atoms with Crippen LogP contribution in [0.2, 0.25) is 0 Å². The molecule has 0 saturated heterocycles. The van der Waals surface area contributed by atoms with Gasteiger partial charge in [-0.25, -0.2) is 5.48 Å². The first-order valence-corrected chi connectivity index (χ1v) is 2.88. The number of carbonyl (C=O) groups is 1. The minimum Gasteiger partial charge on any atom is -0.508 e. The van der Waals surface area contributed by atoms with Crippen LogP contribution in [-0.4, -0.2) is 16.7 Å². The molecule has 0 bridgehead atoms. The number of nitrogens with one attached hydrogen (secondary N) is 1. The molecular formula is C7H9NO3. The molecule has 4 heteroatoms. The normalized spacial score (nSPS) is 7.36. The lowest BCUT2D eigenvalue weighted by Gasteiger charge is -1.82. The number of carbonyl (C=O) groups excluding carboxylic acids is 1. The molecule has 0 aliphatic heterocycles. The van der Waals surface area contributed by atoms with E-state index in [0.717, 1.165) is 0 Å². The zero-order valence-electron chi connectivity index (χ0n) is 5.77. The van der Waals surface area contributed by atoms with Crippen molar-refractivity contribution in [2.24, 2.45) is 0 Å². The van der Waals surface area contributed by atoms with E-state index in [4.69, 9.17) is 15.1 Å². The van der Waals surface area contributed by atoms with Crippen LogP contribution in [0.4, 0.5) is 0 Å². The van der Waals surface area contributed by atoms with E-state index >= 15 is 0 Å². The highest BCUT2D eigenvalue weighted by Gasteiger charge is 1.74. The molecule has 0 heterocycles. The summed E-state index contributed by atoms with van der Waals surface area (Å²) in [4.78, 5) is 8.81. The van der Waals surface area contributed by atoms with E-state index in [2.05, 4.69) is 0 Å². The summed E-state index contributed by atoms with van der Waals surface area (Å²) < 4.78 is 0. The number of amides is 1. The maximum absolute atomic E-state index is 8.81. The monoisotopic (exact) mass is 155 g/mol. The van der Waals surface area contributed by atoms with Crippen LogP contribution in [0, 0.1) is 0 Å². The summed E-state index contributed by atoms with van der Waals surface area (Å²) in [6, 6.07) is 8.71. The Kier molecular flexibility index (Phi) is 5.64. The number of phenols is 1. The van der Waals surface area contributed by atoms with Gasteiger partial charge in [0.2, 0.25) is 6.41 Å². The number of aromatic hydroxyl groups is 1. The van der Waals surface area contributed by atoms with Crippen LogP contribution < -0.4 is 5.48 Å². The number of hydrogen-bond donors (Lipinski definition) is 3. The first-order valence-electron chi connectivity index (χ1n) is 2.88. The van der Waals surface area contributed by atoms with Gasteiger partial charge >= 0.3 is 0 Å². The third kappa shape index (κ3) is 6.33. The van der Waals surface area contributed by atoms with Crippen molar-refractivity contribution >= 4 is 6.41 Å². The second-order valence-electron chi connectivity index (χ2n) is 1.58. The topological polar surface area (TPSA) is 69.6 Å². The molecule has 0 aliphatic carbocycles. The predicted octanol–water partition coefficient (Wildman–Crippen LogP) is 0.514. The fourth-order valence-corrected chi connectivity index (χ4v) is 0.428. The van der Waals surface area contributed by atoms with Crippen LogP contribution in [-0.2, 0) is 4.79 Å². The SMILES string of the molecule is O=CNO.Oc1ccccc1. The summed E-state index contributed by atoms with van der Waals surface area (Å²) in [6.45, 7) is 0. The summed E-state index contributed by atoms with van der Waals surface area (Å²) in [5, 5.41) is 15.9. The van der Waals surface area contributed by atoms with Gasteiger partial charge in [0.05, 0.1) is 0 Å². The lowest BCUT2D eigenvalue weighted by molar-refractivity contribution is -0.116. The molecule has 0 aliphatic rings. The van der Waals surface area contributed by atoms with Gasteiger partial charge in [-0.1, -0.05) is 18.2 Å². The van der Waals surface area contributed by atoms with E-state index in [1.807, 2.05) is 6.07 Å². The van der Waals surface area contributed by atoms with E-state index in [9.17, 15) is 0 Å². The Bertz CT molecular complexity index is 188. The third-order valence-electron chi connectivity index (χ3n) is 0.809. The van der Waals surface area contributed by atoms with Crippen LogP contribution in [0.25, 0.3) is 0 Å². The van der Waals surface area contributed by atoms with Gasteiger partial charge in [0, 0.05) is 0 Å². The maximum Gasteiger partial charge on any atom is 0.230 e. The van der Waals surface area contributed by atoms with Crippen molar-refractivity contribution < 1.29 is 15.1 Å². The van der Waals surface area contributed by atoms with E-state index in [-0.39, 0.29) is 6.41 Å². The molecule has 0 atom stereocenters. The van der Waals surface area contributed by atoms with Gasteiger partial charge in [-0.3, -0.25) is 10.0 Å². The summed E-state index contributed by atoms with van der Waals surface area (Å²) in [6.07, 6.45) is 0.181. The number of rotatable bonds is 1. The Balaban J connectivity index is 0.000000218. The fourth-order valence-electron chi connectivity index (χ4n) is 0.428. The van der Waals surface area contributed by atoms with Crippen LogP contribution >= 0.6 is 0 Å². The molecule has 4 nitrogen and oxygen atoms in total. The van der Waals surface area contributed by atoms with Crippen LogP contribution in [0.3, 0.4) is 0 Å². The van der Waals surface area contributed by atoms with E-state index in [1.54, 1.807) is 24.3 Å². The molecular weight excluding hydrogens is 146 g/mol. The van der Waals surface area contributed by atoms with Gasteiger partial charge < -0.3 is 5.11 Å². The molecule has 0 fully saturated rings. The van der Waals surface area contributed by atoms with Crippen molar-refractivity contribution in [1.29, 1.82) is 0 Å². The van der Waals surface area contributed by atoms with Gasteiger partial charge in [0.1, 0.15) is 5.75 Å². The van der Waals surface area contributed by atoms with Gasteiger partial charge in [-0.15, -0.1) is 0 Å². The minimum atomic E-state index is 0.181. The Hall–Kier alpha value is -1.55. The Morgan fingerprint density at radius 3 is 1.91 bits per heavy atom. The molecule has 0 unspecified atom stereocenters. The second-order valence-corrected chi connectivity index (χ2v) is 1.58. The van der Waals surface area contributed by atoms with Gasteiger partial charge in [0.15, 0.2) is 0 Å². The van der Waals surface area contributed by atoms with E-state index in [1.165, 1.54) is 5.48 Å². The third-order valence-corrected chi connectivity index (χ3v) is 0.809. The number of benzene rings is 1. The van der Waals surface area contributed by atoms with Crippen molar-refractivity contribution in [1.82, 2.24) is 5.48 Å². The Morgan fingerprint density at radius 1 is 1.27 bits per heavy atom. The molecule has 1 rings (SSSR count). The van der Waals surface area contributed by atoms with Gasteiger partial charge in [0.25, 0.3) is 0 Å². The highest BCUT2D eigenvalue weighted by atomic mass is 16.5. The highest BCUT2D eigenvalue weighted by molar-refractivity contribution is 5.43. The highest BCUT2D eigenvalue weighted by Crippen LogP contribution is 2.02. The first-order chi connectivity index (χ1) is 5.31.